The first-order valence-electron chi connectivity index (χ1n) is 7.37. The van der Waals surface area contributed by atoms with Gasteiger partial charge in [0, 0.05) is 24.5 Å². The second-order valence-corrected chi connectivity index (χ2v) is 5.29. The molecule has 0 aliphatic carbocycles. The Morgan fingerprint density at radius 3 is 2.83 bits per heavy atom. The molecule has 3 rings (SSSR count). The van der Waals surface area contributed by atoms with Crippen LogP contribution in [-0.4, -0.2) is 30.4 Å². The zero-order chi connectivity index (χ0) is 17.1. The van der Waals surface area contributed by atoms with Crippen LogP contribution < -0.4 is 10.6 Å². The molecule has 0 saturated carbocycles. The molecule has 0 radical (unpaired) electrons. The number of aliphatic hydroxyl groups is 1. The summed E-state index contributed by atoms with van der Waals surface area (Å²) in [5.41, 5.74) is 1.67. The zero-order valence-corrected chi connectivity index (χ0v) is 12.6. The molecule has 2 aromatic rings. The van der Waals surface area contributed by atoms with Crippen molar-refractivity contribution in [2.75, 3.05) is 23.8 Å². The Hall–Kier alpha value is -2.80. The molecular weight excluding hydrogens is 316 g/mol. The van der Waals surface area contributed by atoms with Crippen LogP contribution in [0.15, 0.2) is 41.4 Å². The van der Waals surface area contributed by atoms with E-state index < -0.39 is 17.6 Å². The maximum Gasteiger partial charge on any atom is 0.237 e. The molecule has 7 heteroatoms. The molecule has 1 aliphatic heterocycles. The third-order valence-electron chi connectivity index (χ3n) is 3.64. The lowest BCUT2D eigenvalue weighted by Crippen LogP contribution is -2.12. The highest BCUT2D eigenvalue weighted by molar-refractivity contribution is 6.12. The first-order chi connectivity index (χ1) is 11.6. The fourth-order valence-corrected chi connectivity index (χ4v) is 2.49. The van der Waals surface area contributed by atoms with Crippen LogP contribution in [0.2, 0.25) is 0 Å². The average molecular weight is 331 g/mol. The normalized spacial score (nSPS) is 16.3. The van der Waals surface area contributed by atoms with Crippen molar-refractivity contribution >= 4 is 29.2 Å². The van der Waals surface area contributed by atoms with Crippen LogP contribution in [0.3, 0.4) is 0 Å². The molecule has 24 heavy (non-hydrogen) atoms. The summed E-state index contributed by atoms with van der Waals surface area (Å²) in [6.07, 6.45) is 1.41. The molecule has 0 spiro atoms. The van der Waals surface area contributed by atoms with E-state index in [0.717, 1.165) is 0 Å². The number of aliphatic hydroxyl groups excluding tert-OH is 1. The minimum absolute atomic E-state index is 0.101. The Morgan fingerprint density at radius 2 is 2.08 bits per heavy atom. The first kappa shape index (κ1) is 16.1. The molecule has 1 atom stereocenters. The number of nitrogens with one attached hydrogen (secondary N) is 2. The number of rotatable bonds is 5. The van der Waals surface area contributed by atoms with Crippen molar-refractivity contribution in [3.8, 4) is 0 Å². The lowest BCUT2D eigenvalue weighted by atomic mass is 10.0. The van der Waals surface area contributed by atoms with Crippen LogP contribution in [0.1, 0.15) is 11.5 Å². The van der Waals surface area contributed by atoms with E-state index in [1.807, 2.05) is 0 Å². The predicted octanol–water partition coefficient (Wildman–Crippen LogP) is 2.81. The number of hydrogen-bond donors (Lipinski definition) is 3. The van der Waals surface area contributed by atoms with Crippen LogP contribution in [0.4, 0.5) is 25.8 Å². The Morgan fingerprint density at radius 1 is 1.25 bits per heavy atom. The van der Waals surface area contributed by atoms with E-state index >= 15 is 0 Å². The third kappa shape index (κ3) is 3.26. The molecule has 5 nitrogen and oxygen atoms in total. The molecule has 1 amide bonds. The molecule has 0 fully saturated rings. The maximum absolute atomic E-state index is 13.9. The van der Waals surface area contributed by atoms with Gasteiger partial charge in [0.25, 0.3) is 0 Å². The van der Waals surface area contributed by atoms with Gasteiger partial charge in [-0.2, -0.15) is 0 Å². The molecule has 0 saturated heterocycles. The fraction of sp³-hybridized carbons (Fsp3) is 0.176. The van der Waals surface area contributed by atoms with E-state index in [9.17, 15) is 13.6 Å². The van der Waals surface area contributed by atoms with Crippen LogP contribution in [0, 0.1) is 11.6 Å². The summed E-state index contributed by atoms with van der Waals surface area (Å²) in [5.74, 6) is -1.88. The number of carbonyl (C=O) groups is 1. The molecule has 2 aromatic carbocycles. The number of aliphatic imine (C=N–C) groups is 1. The molecule has 1 heterocycles. The van der Waals surface area contributed by atoms with Crippen molar-refractivity contribution in [2.45, 2.75) is 5.92 Å². The van der Waals surface area contributed by atoms with E-state index in [-0.39, 0.29) is 24.7 Å². The van der Waals surface area contributed by atoms with Gasteiger partial charge in [-0.05, 0) is 29.8 Å². The van der Waals surface area contributed by atoms with Gasteiger partial charge in [-0.15, -0.1) is 0 Å². The quantitative estimate of drug-likeness (QED) is 0.738. The van der Waals surface area contributed by atoms with E-state index in [2.05, 4.69) is 15.6 Å². The summed E-state index contributed by atoms with van der Waals surface area (Å²) in [4.78, 5) is 16.1. The highest BCUT2D eigenvalue weighted by atomic mass is 19.1. The van der Waals surface area contributed by atoms with E-state index in [1.165, 1.54) is 36.5 Å². The number of hydrogen-bond acceptors (Lipinski definition) is 4. The maximum atomic E-state index is 13.9. The lowest BCUT2D eigenvalue weighted by molar-refractivity contribution is -0.115. The number of anilines is 2. The molecule has 1 aliphatic rings. The molecule has 0 aromatic heterocycles. The van der Waals surface area contributed by atoms with Gasteiger partial charge in [-0.1, -0.05) is 6.07 Å². The van der Waals surface area contributed by atoms with Crippen LogP contribution in [0.5, 0.6) is 0 Å². The SMILES string of the molecule is O=C1Nc2cc(F)ccc2C1C=Nc1ccc(NCCO)c(F)c1. The van der Waals surface area contributed by atoms with Gasteiger partial charge in [0.1, 0.15) is 17.6 Å². The monoisotopic (exact) mass is 331 g/mol. The molecular formula is C17H15F2N3O2. The average Bonchev–Trinajstić information content (AvgIpc) is 2.86. The lowest BCUT2D eigenvalue weighted by Gasteiger charge is -2.06. The standard InChI is InChI=1S/C17H15F2N3O2/c18-10-1-3-12-13(17(24)22-16(12)7-10)9-21-11-2-4-15(14(19)8-11)20-5-6-23/h1-4,7-9,13,20,23H,5-6H2,(H,22,24). The van der Waals surface area contributed by atoms with E-state index in [4.69, 9.17) is 5.11 Å². The van der Waals surface area contributed by atoms with Crippen molar-refractivity contribution in [1.29, 1.82) is 0 Å². The van der Waals surface area contributed by atoms with E-state index in [0.29, 0.717) is 16.9 Å². The summed E-state index contributed by atoms with van der Waals surface area (Å²) in [6.45, 7) is 0.144. The summed E-state index contributed by atoms with van der Waals surface area (Å²) < 4.78 is 27.1. The van der Waals surface area contributed by atoms with Crippen LogP contribution in [0.25, 0.3) is 0 Å². The van der Waals surface area contributed by atoms with Crippen molar-refractivity contribution in [2.24, 2.45) is 4.99 Å². The number of halogens is 2. The Bertz CT molecular complexity index is 808. The number of benzene rings is 2. The zero-order valence-electron chi connectivity index (χ0n) is 12.6. The predicted molar refractivity (Wildman–Crippen MR) is 87.9 cm³/mol. The number of fused-ring (bicyclic) bond motifs is 1. The summed E-state index contributed by atoms with van der Waals surface area (Å²) in [7, 11) is 0. The smallest absolute Gasteiger partial charge is 0.237 e. The van der Waals surface area contributed by atoms with Crippen molar-refractivity contribution < 1.29 is 18.7 Å². The topological polar surface area (TPSA) is 73.7 Å². The van der Waals surface area contributed by atoms with Gasteiger partial charge >= 0.3 is 0 Å². The highest BCUT2D eigenvalue weighted by Crippen LogP contribution is 2.32. The van der Waals surface area contributed by atoms with E-state index in [1.54, 1.807) is 6.07 Å². The molecule has 1 unspecified atom stereocenters. The van der Waals surface area contributed by atoms with Crippen LogP contribution in [-0.2, 0) is 4.79 Å². The van der Waals surface area contributed by atoms with Gasteiger partial charge in [-0.25, -0.2) is 8.78 Å². The second-order valence-electron chi connectivity index (χ2n) is 5.29. The Balaban J connectivity index is 1.79. The first-order valence-corrected chi connectivity index (χ1v) is 7.37. The minimum Gasteiger partial charge on any atom is -0.395 e. The number of carbonyl (C=O) groups excluding carboxylic acids is 1. The Labute approximate surface area is 137 Å². The number of amides is 1. The van der Waals surface area contributed by atoms with Gasteiger partial charge in [-0.3, -0.25) is 9.79 Å². The van der Waals surface area contributed by atoms with Gasteiger partial charge < -0.3 is 15.7 Å². The van der Waals surface area contributed by atoms with Crippen molar-refractivity contribution in [1.82, 2.24) is 0 Å². The Kier molecular flexibility index (Phi) is 4.52. The van der Waals surface area contributed by atoms with Gasteiger partial charge in [0.15, 0.2) is 0 Å². The highest BCUT2D eigenvalue weighted by Gasteiger charge is 2.29. The largest absolute Gasteiger partial charge is 0.395 e. The summed E-state index contributed by atoms with van der Waals surface area (Å²) in [6, 6.07) is 8.40. The molecule has 3 N–H and O–H groups in total. The minimum atomic E-state index is -0.643. The molecule has 124 valence electrons. The summed E-state index contributed by atoms with van der Waals surface area (Å²) >= 11 is 0. The van der Waals surface area contributed by atoms with Crippen molar-refractivity contribution in [3.05, 3.63) is 53.6 Å². The fourth-order valence-electron chi connectivity index (χ4n) is 2.49. The van der Waals surface area contributed by atoms with Gasteiger partial charge in [0.05, 0.1) is 18.0 Å². The molecule has 0 bridgehead atoms. The van der Waals surface area contributed by atoms with Gasteiger partial charge in [0.2, 0.25) is 5.91 Å². The van der Waals surface area contributed by atoms with Crippen molar-refractivity contribution in [3.63, 3.8) is 0 Å². The second kappa shape index (κ2) is 6.76. The van der Waals surface area contributed by atoms with Crippen LogP contribution >= 0.6 is 0 Å². The third-order valence-corrected chi connectivity index (χ3v) is 3.64. The summed E-state index contributed by atoms with van der Waals surface area (Å²) in [5, 5.41) is 14.1. The number of nitrogens with zero attached hydrogens (tertiary/aromatic N) is 1.